The molecule has 1 unspecified atom stereocenters. The van der Waals surface area contributed by atoms with Crippen LogP contribution in [0, 0.1) is 11.8 Å². The molecule has 7 nitrogen and oxygen atoms in total. The van der Waals surface area contributed by atoms with Crippen LogP contribution in [0.5, 0.6) is 0 Å². The van der Waals surface area contributed by atoms with E-state index in [1.54, 1.807) is 20.2 Å². The number of aromatic nitrogens is 1. The van der Waals surface area contributed by atoms with Crippen molar-refractivity contribution in [1.82, 2.24) is 14.8 Å². The van der Waals surface area contributed by atoms with Crippen molar-refractivity contribution in [3.63, 3.8) is 0 Å². The first-order chi connectivity index (χ1) is 18.4. The van der Waals surface area contributed by atoms with Gasteiger partial charge in [-0.05, 0) is 43.9 Å². The number of halogens is 4. The van der Waals surface area contributed by atoms with Crippen molar-refractivity contribution in [2.75, 3.05) is 45.2 Å². The molecule has 0 spiro atoms. The van der Waals surface area contributed by atoms with Gasteiger partial charge in [-0.15, -0.1) is 0 Å². The van der Waals surface area contributed by atoms with Crippen molar-refractivity contribution >= 4 is 29.2 Å². The fraction of sp³-hybridized carbons (Fsp3) is 0.536. The average molecular weight is 567 g/mol. The molecule has 2 saturated heterocycles. The zero-order valence-electron chi connectivity index (χ0n) is 22.1. The Kier molecular flexibility index (Phi) is 8.75. The van der Waals surface area contributed by atoms with Crippen LogP contribution in [0.15, 0.2) is 42.6 Å². The summed E-state index contributed by atoms with van der Waals surface area (Å²) < 4.78 is 41.7. The number of anilines is 1. The third-order valence-corrected chi connectivity index (χ3v) is 8.21. The molecule has 0 bridgehead atoms. The topological polar surface area (TPSA) is 77.0 Å². The Morgan fingerprint density at radius 1 is 1.03 bits per heavy atom. The normalized spacial score (nSPS) is 19.1. The van der Waals surface area contributed by atoms with Crippen LogP contribution in [-0.2, 0) is 10.4 Å². The predicted octanol–water partition coefficient (Wildman–Crippen LogP) is 4.73. The van der Waals surface area contributed by atoms with Gasteiger partial charge in [-0.3, -0.25) is 9.59 Å². The number of hydrogen-bond acceptors (Lipinski definition) is 5. The van der Waals surface area contributed by atoms with E-state index >= 15 is 0 Å². The van der Waals surface area contributed by atoms with Crippen molar-refractivity contribution in [2.24, 2.45) is 11.8 Å². The van der Waals surface area contributed by atoms with E-state index in [-0.39, 0.29) is 19.0 Å². The molecule has 212 valence electrons. The molecule has 11 heteroatoms. The molecule has 1 aromatic heterocycles. The second kappa shape index (κ2) is 11.7. The second-order valence-electron chi connectivity index (χ2n) is 10.7. The lowest BCUT2D eigenvalue weighted by atomic mass is 9.82. The lowest BCUT2D eigenvalue weighted by Crippen LogP contribution is -2.57. The highest BCUT2D eigenvalue weighted by Gasteiger charge is 2.62. The molecule has 2 fully saturated rings. The molecule has 1 aromatic carbocycles. The Hall–Kier alpha value is -2.85. The van der Waals surface area contributed by atoms with Crippen molar-refractivity contribution in [1.29, 1.82) is 0 Å². The van der Waals surface area contributed by atoms with Crippen molar-refractivity contribution < 1.29 is 27.9 Å². The van der Waals surface area contributed by atoms with Crippen LogP contribution in [0.2, 0.25) is 5.02 Å². The van der Waals surface area contributed by atoms with Gasteiger partial charge in [-0.1, -0.05) is 41.9 Å². The van der Waals surface area contributed by atoms with Gasteiger partial charge >= 0.3 is 6.18 Å². The molecular formula is C28H34ClF3N4O3. The van der Waals surface area contributed by atoms with E-state index in [4.69, 9.17) is 11.6 Å². The smallest absolute Gasteiger partial charge is 0.369 e. The van der Waals surface area contributed by atoms with Gasteiger partial charge in [0.25, 0.3) is 17.4 Å². The van der Waals surface area contributed by atoms with E-state index in [9.17, 15) is 27.9 Å². The molecule has 1 N–H and O–H groups in total. The number of benzene rings is 1. The minimum Gasteiger partial charge on any atom is -0.369 e. The monoisotopic (exact) mass is 566 g/mol. The number of nitrogens with zero attached hydrogens (tertiary/aromatic N) is 4. The lowest BCUT2D eigenvalue weighted by Gasteiger charge is -2.40. The summed E-state index contributed by atoms with van der Waals surface area (Å²) in [5.74, 6) is 0.00224. The lowest BCUT2D eigenvalue weighted by molar-refractivity contribution is -0.262. The number of carbonyl (C=O) groups is 2. The summed E-state index contributed by atoms with van der Waals surface area (Å²) in [6.07, 6.45) is 0.427. The molecule has 2 aromatic rings. The molecule has 3 heterocycles. The fourth-order valence-corrected chi connectivity index (χ4v) is 5.78. The first kappa shape index (κ1) is 29.1. The first-order valence-corrected chi connectivity index (χ1v) is 13.6. The first-order valence-electron chi connectivity index (χ1n) is 13.2. The number of piperidine rings is 2. The van der Waals surface area contributed by atoms with E-state index in [2.05, 4.69) is 9.88 Å². The number of likely N-dealkylation sites (tertiary alicyclic amines) is 1. The predicted molar refractivity (Wildman–Crippen MR) is 143 cm³/mol. The minimum absolute atomic E-state index is 0.188. The van der Waals surface area contributed by atoms with Gasteiger partial charge in [-0.25, -0.2) is 4.98 Å². The van der Waals surface area contributed by atoms with Crippen molar-refractivity contribution in [2.45, 2.75) is 43.9 Å². The van der Waals surface area contributed by atoms with Gasteiger partial charge in [0.2, 0.25) is 0 Å². The molecule has 0 radical (unpaired) electrons. The summed E-state index contributed by atoms with van der Waals surface area (Å²) in [7, 11) is 3.32. The highest BCUT2D eigenvalue weighted by molar-refractivity contribution is 6.34. The Morgan fingerprint density at radius 3 is 2.10 bits per heavy atom. The van der Waals surface area contributed by atoms with E-state index in [1.807, 2.05) is 0 Å². The van der Waals surface area contributed by atoms with Crippen LogP contribution in [-0.4, -0.2) is 78.2 Å². The second-order valence-corrected chi connectivity index (χ2v) is 11.1. The number of rotatable bonds is 6. The number of carbonyl (C=O) groups excluding carboxylic acids is 2. The Labute approximate surface area is 231 Å². The minimum atomic E-state index is -5.13. The SMILES string of the molecule is CN(C)C(=O)c1cnc(N2CCC(CC3CCN(C(=O)C(O)(c4ccccc4)C(F)(F)F)CC3)CC2)cc1Cl. The van der Waals surface area contributed by atoms with Crippen LogP contribution in [0.3, 0.4) is 0 Å². The Balaban J connectivity index is 1.29. The third kappa shape index (κ3) is 6.17. The Bertz CT molecular complexity index is 1160. The van der Waals surface area contributed by atoms with Crippen LogP contribution in [0.4, 0.5) is 19.0 Å². The summed E-state index contributed by atoms with van der Waals surface area (Å²) in [6.45, 7) is 1.96. The van der Waals surface area contributed by atoms with Crippen LogP contribution >= 0.6 is 11.6 Å². The van der Waals surface area contributed by atoms with Gasteiger partial charge < -0.3 is 19.8 Å². The Morgan fingerprint density at radius 2 is 1.59 bits per heavy atom. The molecule has 4 rings (SSSR count). The fourth-order valence-electron chi connectivity index (χ4n) is 5.55. The van der Waals surface area contributed by atoms with E-state index < -0.39 is 23.2 Å². The summed E-state index contributed by atoms with van der Waals surface area (Å²) in [5, 5.41) is 11.0. The summed E-state index contributed by atoms with van der Waals surface area (Å²) in [6, 6.07) is 8.28. The zero-order valence-corrected chi connectivity index (χ0v) is 22.9. The van der Waals surface area contributed by atoms with Gasteiger partial charge in [0.05, 0.1) is 10.6 Å². The van der Waals surface area contributed by atoms with E-state index in [1.165, 1.54) is 29.3 Å². The standard InChI is InChI=1S/C28H34ClF3N4O3/c1-34(2)25(37)22-18-33-24(17-23(22)29)35-12-8-19(9-13-35)16-20-10-14-36(15-11-20)26(38)27(39,28(30,31)32)21-6-4-3-5-7-21/h3-7,17-20,39H,8-16H2,1-2H3. The number of hydrogen-bond donors (Lipinski definition) is 1. The molecule has 0 aliphatic carbocycles. The van der Waals surface area contributed by atoms with Crippen LogP contribution in [0.25, 0.3) is 0 Å². The average Bonchev–Trinajstić information content (AvgIpc) is 2.92. The summed E-state index contributed by atoms with van der Waals surface area (Å²) >= 11 is 6.35. The molecule has 2 aliphatic heterocycles. The van der Waals surface area contributed by atoms with Gasteiger partial charge in [0.15, 0.2) is 0 Å². The number of alkyl halides is 3. The number of pyridine rings is 1. The molecular weight excluding hydrogens is 533 g/mol. The van der Waals surface area contributed by atoms with Crippen LogP contribution in [0.1, 0.15) is 48.0 Å². The maximum Gasteiger partial charge on any atom is 0.430 e. The molecule has 2 amide bonds. The zero-order chi connectivity index (χ0) is 28.4. The summed E-state index contributed by atoms with van der Waals surface area (Å²) in [5.41, 5.74) is -3.66. The number of aliphatic hydroxyl groups is 1. The highest BCUT2D eigenvalue weighted by atomic mass is 35.5. The maximum atomic E-state index is 13.9. The van der Waals surface area contributed by atoms with Gasteiger partial charge in [-0.2, -0.15) is 13.2 Å². The van der Waals surface area contributed by atoms with E-state index in [0.717, 1.165) is 55.2 Å². The number of amides is 2. The quantitative estimate of drug-likeness (QED) is 0.547. The van der Waals surface area contributed by atoms with E-state index in [0.29, 0.717) is 35.3 Å². The van der Waals surface area contributed by atoms with Crippen molar-refractivity contribution in [3.8, 4) is 0 Å². The maximum absolute atomic E-state index is 13.9. The molecule has 1 atom stereocenters. The van der Waals surface area contributed by atoms with Gasteiger partial charge in [0, 0.05) is 58.1 Å². The third-order valence-electron chi connectivity index (χ3n) is 7.89. The summed E-state index contributed by atoms with van der Waals surface area (Å²) in [4.78, 5) is 34.4. The van der Waals surface area contributed by atoms with Gasteiger partial charge in [0.1, 0.15) is 5.82 Å². The molecule has 39 heavy (non-hydrogen) atoms. The highest BCUT2D eigenvalue weighted by Crippen LogP contribution is 2.41. The molecule has 2 aliphatic rings. The molecule has 0 saturated carbocycles. The van der Waals surface area contributed by atoms with Crippen LogP contribution < -0.4 is 4.90 Å². The van der Waals surface area contributed by atoms with Crippen molar-refractivity contribution in [3.05, 3.63) is 58.7 Å². The largest absolute Gasteiger partial charge is 0.430 e.